The lowest BCUT2D eigenvalue weighted by molar-refractivity contribution is -0.325. The zero-order valence-electron chi connectivity index (χ0n) is 11.7. The van der Waals surface area contributed by atoms with Crippen LogP contribution < -0.4 is 0 Å². The fourth-order valence-corrected chi connectivity index (χ4v) is 5.12. The summed E-state index contributed by atoms with van der Waals surface area (Å²) in [5.41, 5.74) is 0.357. The van der Waals surface area contributed by atoms with Gasteiger partial charge in [-0.05, 0) is 63.5 Å². The first-order valence-electron chi connectivity index (χ1n) is 7.60. The Kier molecular flexibility index (Phi) is 2.79. The summed E-state index contributed by atoms with van der Waals surface area (Å²) in [7, 11) is 0. The van der Waals surface area contributed by atoms with Gasteiger partial charge in [-0.25, -0.2) is 0 Å². The summed E-state index contributed by atoms with van der Waals surface area (Å²) in [4.78, 5) is 2.59. The normalized spacial score (nSPS) is 48.0. The largest absolute Gasteiger partial charge is 0.354 e. The lowest BCUT2D eigenvalue weighted by atomic mass is 9.59. The molecule has 0 radical (unpaired) electrons. The molecule has 2 atom stereocenters. The van der Waals surface area contributed by atoms with Crippen molar-refractivity contribution in [3.63, 3.8) is 0 Å². The molecule has 2 heteroatoms. The first-order chi connectivity index (χ1) is 8.15. The van der Waals surface area contributed by atoms with Crippen LogP contribution >= 0.6 is 0 Å². The minimum absolute atomic E-state index is 0.115. The highest BCUT2D eigenvalue weighted by Crippen LogP contribution is 2.59. The van der Waals surface area contributed by atoms with Crippen LogP contribution in [-0.2, 0) is 4.74 Å². The number of ether oxygens (including phenoxy) is 1. The van der Waals surface area contributed by atoms with E-state index in [1.165, 1.54) is 38.5 Å². The summed E-state index contributed by atoms with van der Waals surface area (Å²) >= 11 is 0. The van der Waals surface area contributed by atoms with Crippen LogP contribution in [0.15, 0.2) is 0 Å². The first kappa shape index (κ1) is 12.0. The van der Waals surface area contributed by atoms with Crippen LogP contribution in [0, 0.1) is 11.8 Å². The van der Waals surface area contributed by atoms with E-state index in [9.17, 15) is 0 Å². The van der Waals surface area contributed by atoms with Gasteiger partial charge in [0.25, 0.3) is 0 Å². The SMILES string of the molecule is CCN(CC)C12CC3CC(CC(CC)(C3)O1)C2. The summed E-state index contributed by atoms with van der Waals surface area (Å²) in [6, 6.07) is 0. The molecule has 4 rings (SSSR count). The number of rotatable bonds is 4. The fraction of sp³-hybridized carbons (Fsp3) is 1.00. The second-order valence-corrected chi connectivity index (χ2v) is 6.54. The highest BCUT2D eigenvalue weighted by atomic mass is 16.5. The average Bonchev–Trinajstić information content (AvgIpc) is 2.28. The van der Waals surface area contributed by atoms with Crippen molar-refractivity contribution in [1.29, 1.82) is 0 Å². The Morgan fingerprint density at radius 3 is 2.06 bits per heavy atom. The van der Waals surface area contributed by atoms with E-state index in [0.29, 0.717) is 0 Å². The maximum Gasteiger partial charge on any atom is 0.122 e. The molecule has 0 aromatic rings. The van der Waals surface area contributed by atoms with Crippen molar-refractivity contribution in [2.75, 3.05) is 13.1 Å². The second kappa shape index (κ2) is 3.96. The molecular formula is C15H27NO. The van der Waals surface area contributed by atoms with E-state index in [4.69, 9.17) is 4.74 Å². The van der Waals surface area contributed by atoms with Crippen molar-refractivity contribution in [2.45, 2.75) is 70.6 Å². The molecule has 98 valence electrons. The van der Waals surface area contributed by atoms with E-state index < -0.39 is 0 Å². The molecule has 2 nitrogen and oxygen atoms in total. The molecule has 2 saturated heterocycles. The molecule has 0 aromatic heterocycles. The lowest BCUT2D eigenvalue weighted by Crippen LogP contribution is -2.67. The van der Waals surface area contributed by atoms with Gasteiger partial charge in [0.1, 0.15) is 5.72 Å². The van der Waals surface area contributed by atoms with E-state index in [1.807, 2.05) is 0 Å². The fourth-order valence-electron chi connectivity index (χ4n) is 5.12. The molecule has 4 fully saturated rings. The van der Waals surface area contributed by atoms with Crippen molar-refractivity contribution in [1.82, 2.24) is 4.90 Å². The molecule has 0 N–H and O–H groups in total. The molecule has 17 heavy (non-hydrogen) atoms. The zero-order chi connectivity index (χ0) is 12.1. The Balaban J connectivity index is 1.91. The standard InChI is InChI=1S/C15H27NO/c1-4-14-8-12-7-13(9-14)11-15(10-12,17-14)16(5-2)6-3/h12-13H,4-11H2,1-3H3. The van der Waals surface area contributed by atoms with Crippen molar-refractivity contribution in [3.05, 3.63) is 0 Å². The summed E-state index contributed by atoms with van der Waals surface area (Å²) in [5, 5.41) is 0. The maximum absolute atomic E-state index is 6.72. The van der Waals surface area contributed by atoms with Crippen LogP contribution in [0.2, 0.25) is 0 Å². The van der Waals surface area contributed by atoms with Gasteiger partial charge in [0.2, 0.25) is 0 Å². The number of hydrogen-bond donors (Lipinski definition) is 0. The van der Waals surface area contributed by atoms with E-state index in [2.05, 4.69) is 25.7 Å². The Labute approximate surface area is 106 Å². The van der Waals surface area contributed by atoms with E-state index in [1.54, 1.807) is 0 Å². The molecule has 2 aliphatic heterocycles. The van der Waals surface area contributed by atoms with E-state index in [-0.39, 0.29) is 11.3 Å². The van der Waals surface area contributed by atoms with Crippen molar-refractivity contribution in [3.8, 4) is 0 Å². The average molecular weight is 237 g/mol. The minimum Gasteiger partial charge on any atom is -0.354 e. The molecule has 4 bridgehead atoms. The first-order valence-corrected chi connectivity index (χ1v) is 7.60. The van der Waals surface area contributed by atoms with Crippen molar-refractivity contribution in [2.24, 2.45) is 11.8 Å². The van der Waals surface area contributed by atoms with E-state index >= 15 is 0 Å². The molecule has 0 aromatic carbocycles. The summed E-state index contributed by atoms with van der Waals surface area (Å²) in [6.07, 6.45) is 7.96. The van der Waals surface area contributed by atoms with Gasteiger partial charge >= 0.3 is 0 Å². The molecule has 0 spiro atoms. The third kappa shape index (κ3) is 1.67. The van der Waals surface area contributed by atoms with Crippen LogP contribution in [0.3, 0.4) is 0 Å². The number of nitrogens with zero attached hydrogens (tertiary/aromatic N) is 1. The predicted molar refractivity (Wildman–Crippen MR) is 69.8 cm³/mol. The maximum atomic E-state index is 6.72. The van der Waals surface area contributed by atoms with Crippen LogP contribution in [-0.4, -0.2) is 29.3 Å². The molecule has 2 saturated carbocycles. The van der Waals surface area contributed by atoms with Gasteiger partial charge in [-0.3, -0.25) is 4.90 Å². The zero-order valence-corrected chi connectivity index (χ0v) is 11.7. The van der Waals surface area contributed by atoms with Gasteiger partial charge in [-0.15, -0.1) is 0 Å². The molecule has 2 heterocycles. The summed E-state index contributed by atoms with van der Waals surface area (Å²) in [6.45, 7) is 9.16. The van der Waals surface area contributed by atoms with E-state index in [0.717, 1.165) is 24.9 Å². The van der Waals surface area contributed by atoms with Crippen molar-refractivity contribution >= 4 is 0 Å². The second-order valence-electron chi connectivity index (χ2n) is 6.54. The number of hydrogen-bond acceptors (Lipinski definition) is 2. The van der Waals surface area contributed by atoms with Gasteiger partial charge in [-0.1, -0.05) is 20.8 Å². The van der Waals surface area contributed by atoms with Gasteiger partial charge in [0.15, 0.2) is 0 Å². The van der Waals surface area contributed by atoms with Crippen LogP contribution in [0.5, 0.6) is 0 Å². The topological polar surface area (TPSA) is 12.5 Å². The third-order valence-electron chi connectivity index (χ3n) is 5.59. The Hall–Kier alpha value is -0.0800. The highest BCUT2D eigenvalue weighted by Gasteiger charge is 2.59. The molecule has 2 unspecified atom stereocenters. The highest BCUT2D eigenvalue weighted by molar-refractivity contribution is 5.07. The third-order valence-corrected chi connectivity index (χ3v) is 5.59. The van der Waals surface area contributed by atoms with Crippen LogP contribution in [0.25, 0.3) is 0 Å². The van der Waals surface area contributed by atoms with Crippen molar-refractivity contribution < 1.29 is 4.74 Å². The predicted octanol–water partition coefficient (Wildman–Crippen LogP) is 3.41. The lowest BCUT2D eigenvalue weighted by Gasteiger charge is -2.64. The Morgan fingerprint density at radius 2 is 1.59 bits per heavy atom. The minimum atomic E-state index is 0.115. The van der Waals surface area contributed by atoms with Crippen LogP contribution in [0.4, 0.5) is 0 Å². The van der Waals surface area contributed by atoms with Gasteiger partial charge in [0, 0.05) is 0 Å². The van der Waals surface area contributed by atoms with Gasteiger partial charge < -0.3 is 4.74 Å². The summed E-state index contributed by atoms with van der Waals surface area (Å²) in [5.74, 6) is 1.88. The molecular weight excluding hydrogens is 210 g/mol. The smallest absolute Gasteiger partial charge is 0.122 e. The van der Waals surface area contributed by atoms with Gasteiger partial charge in [-0.2, -0.15) is 0 Å². The quantitative estimate of drug-likeness (QED) is 0.743. The Bertz CT molecular complexity index is 283. The molecule has 4 aliphatic rings. The Morgan fingerprint density at radius 1 is 1.00 bits per heavy atom. The van der Waals surface area contributed by atoms with Gasteiger partial charge in [0.05, 0.1) is 5.60 Å². The molecule has 0 amide bonds. The molecule has 2 aliphatic carbocycles. The monoisotopic (exact) mass is 237 g/mol. The van der Waals surface area contributed by atoms with Crippen LogP contribution in [0.1, 0.15) is 59.3 Å². The summed E-state index contributed by atoms with van der Waals surface area (Å²) < 4.78 is 6.72.